The molecule has 0 aromatic carbocycles. The quantitative estimate of drug-likeness (QED) is 0.582. The van der Waals surface area contributed by atoms with E-state index in [9.17, 15) is 0 Å². The highest BCUT2D eigenvalue weighted by atomic mass is 79.9. The zero-order valence-corrected chi connectivity index (χ0v) is 10.7. The number of hydrogen-bond donors (Lipinski definition) is 0. The van der Waals surface area contributed by atoms with E-state index in [1.807, 2.05) is 0 Å². The lowest BCUT2D eigenvalue weighted by Crippen LogP contribution is -2.26. The summed E-state index contributed by atoms with van der Waals surface area (Å²) in [5.41, 5.74) is 3.65. The van der Waals surface area contributed by atoms with E-state index in [1.165, 1.54) is 32.1 Å². The number of fused-ring (bicyclic) bond motifs is 1. The monoisotopic (exact) mass is 254 g/mol. The Kier molecular flexibility index (Phi) is 2.88. The molecule has 0 amide bonds. The Bertz CT molecular complexity index is 288. The maximum Gasteiger partial charge on any atom is -0.00442 e. The second-order valence-electron chi connectivity index (χ2n) is 4.90. The molecule has 0 N–H and O–H groups in total. The summed E-state index contributed by atoms with van der Waals surface area (Å²) < 4.78 is 0. The molecule has 78 valence electrons. The van der Waals surface area contributed by atoms with Crippen LogP contribution in [0.25, 0.3) is 0 Å². The van der Waals surface area contributed by atoms with Gasteiger partial charge in [-0.3, -0.25) is 0 Å². The van der Waals surface area contributed by atoms with E-state index in [-0.39, 0.29) is 0 Å². The van der Waals surface area contributed by atoms with Crippen LogP contribution in [0.3, 0.4) is 0 Å². The van der Waals surface area contributed by atoms with Crippen LogP contribution in [0.5, 0.6) is 0 Å². The van der Waals surface area contributed by atoms with Crippen LogP contribution in [0, 0.1) is 11.3 Å². The molecule has 0 bridgehead atoms. The first-order valence-electron chi connectivity index (χ1n) is 5.69. The Morgan fingerprint density at radius 3 is 2.86 bits per heavy atom. The normalized spacial score (nSPS) is 43.2. The lowest BCUT2D eigenvalue weighted by atomic mass is 9.68. The van der Waals surface area contributed by atoms with Gasteiger partial charge in [0.2, 0.25) is 0 Å². The zero-order chi connectivity index (χ0) is 10.2. The summed E-state index contributed by atoms with van der Waals surface area (Å²) in [5, 5.41) is 0. The van der Waals surface area contributed by atoms with Gasteiger partial charge in [-0.2, -0.15) is 0 Å². The molecule has 0 spiro atoms. The molecule has 2 saturated carbocycles. The summed E-state index contributed by atoms with van der Waals surface area (Å²) >= 11 is 3.51. The molecule has 2 atom stereocenters. The highest BCUT2D eigenvalue weighted by Crippen LogP contribution is 2.57. The first-order valence-corrected chi connectivity index (χ1v) is 6.60. The predicted octanol–water partition coefficient (Wildman–Crippen LogP) is 4.81. The van der Waals surface area contributed by atoms with Gasteiger partial charge < -0.3 is 0 Å². The van der Waals surface area contributed by atoms with Gasteiger partial charge in [0.25, 0.3) is 0 Å². The largest absolute Gasteiger partial charge is 0.0836 e. The summed E-state index contributed by atoms with van der Waals surface area (Å²) in [4.78, 5) is 2.14. The molecule has 1 heteroatoms. The highest BCUT2D eigenvalue weighted by Gasteiger charge is 2.45. The van der Waals surface area contributed by atoms with Crippen molar-refractivity contribution in [1.29, 1.82) is 0 Å². The Morgan fingerprint density at radius 1 is 1.43 bits per heavy atom. The van der Waals surface area contributed by atoms with Crippen LogP contribution in [0.15, 0.2) is 22.2 Å². The average molecular weight is 255 g/mol. The fourth-order valence-electron chi connectivity index (χ4n) is 3.45. The van der Waals surface area contributed by atoms with E-state index in [1.54, 1.807) is 11.1 Å². The first kappa shape index (κ1) is 10.5. The second-order valence-corrected chi connectivity index (χ2v) is 5.36. The molecular formula is C13H19Br. The number of rotatable bonds is 0. The van der Waals surface area contributed by atoms with Gasteiger partial charge in [-0.05, 0) is 53.7 Å². The van der Waals surface area contributed by atoms with Gasteiger partial charge in [0.05, 0.1) is 0 Å². The van der Waals surface area contributed by atoms with Crippen LogP contribution in [0.4, 0.5) is 0 Å². The summed E-state index contributed by atoms with van der Waals surface area (Å²) in [7, 11) is 0. The lowest BCUT2D eigenvalue weighted by Gasteiger charge is -2.37. The minimum atomic E-state index is 0.493. The molecule has 0 radical (unpaired) electrons. The van der Waals surface area contributed by atoms with Gasteiger partial charge in [-0.25, -0.2) is 0 Å². The van der Waals surface area contributed by atoms with Crippen molar-refractivity contribution in [3.8, 4) is 0 Å². The molecule has 2 rings (SSSR count). The van der Waals surface area contributed by atoms with Crippen molar-refractivity contribution in [1.82, 2.24) is 0 Å². The Balaban J connectivity index is 2.38. The third kappa shape index (κ3) is 1.41. The van der Waals surface area contributed by atoms with Gasteiger partial charge in [-0.15, -0.1) is 0 Å². The zero-order valence-electron chi connectivity index (χ0n) is 9.15. The third-order valence-corrected chi connectivity index (χ3v) is 4.80. The second kappa shape index (κ2) is 3.84. The van der Waals surface area contributed by atoms with Crippen molar-refractivity contribution in [3.63, 3.8) is 0 Å². The lowest BCUT2D eigenvalue weighted by molar-refractivity contribution is 0.189. The fraction of sp³-hybridized carbons (Fsp3) is 0.692. The topological polar surface area (TPSA) is 0 Å². The van der Waals surface area contributed by atoms with Crippen molar-refractivity contribution in [2.45, 2.75) is 46.0 Å². The van der Waals surface area contributed by atoms with E-state index in [0.29, 0.717) is 5.41 Å². The SMILES string of the molecule is CC=C1C(=CBr)CC2CCCCC12C. The molecule has 2 fully saturated rings. The van der Waals surface area contributed by atoms with Gasteiger partial charge in [-0.1, -0.05) is 41.8 Å². The summed E-state index contributed by atoms with van der Waals surface area (Å²) in [6.07, 6.45) is 9.30. The molecular weight excluding hydrogens is 236 g/mol. The van der Waals surface area contributed by atoms with Gasteiger partial charge in [0, 0.05) is 0 Å². The molecule has 2 aliphatic rings. The van der Waals surface area contributed by atoms with E-state index in [0.717, 1.165) is 5.92 Å². The Morgan fingerprint density at radius 2 is 2.21 bits per heavy atom. The van der Waals surface area contributed by atoms with Crippen molar-refractivity contribution in [2.75, 3.05) is 0 Å². The van der Waals surface area contributed by atoms with E-state index in [4.69, 9.17) is 0 Å². The van der Waals surface area contributed by atoms with Gasteiger partial charge in [0.15, 0.2) is 0 Å². The van der Waals surface area contributed by atoms with Gasteiger partial charge in [0.1, 0.15) is 0 Å². The van der Waals surface area contributed by atoms with Crippen molar-refractivity contribution >= 4 is 15.9 Å². The minimum Gasteiger partial charge on any atom is -0.0836 e. The Hall–Kier alpha value is -0.0400. The average Bonchev–Trinajstić information content (AvgIpc) is 2.49. The van der Waals surface area contributed by atoms with Crippen LogP contribution in [-0.2, 0) is 0 Å². The number of halogens is 1. The number of allylic oxidation sites excluding steroid dienone is 3. The predicted molar refractivity (Wildman–Crippen MR) is 65.4 cm³/mol. The third-order valence-electron chi connectivity index (χ3n) is 4.25. The maximum absolute atomic E-state index is 3.51. The molecule has 0 saturated heterocycles. The van der Waals surface area contributed by atoms with Crippen molar-refractivity contribution in [3.05, 3.63) is 22.2 Å². The molecule has 0 aromatic rings. The highest BCUT2D eigenvalue weighted by molar-refractivity contribution is 9.11. The van der Waals surface area contributed by atoms with Crippen LogP contribution in [0.2, 0.25) is 0 Å². The van der Waals surface area contributed by atoms with E-state index < -0.39 is 0 Å². The summed E-state index contributed by atoms with van der Waals surface area (Å²) in [5.74, 6) is 0.909. The molecule has 0 aromatic heterocycles. The fourth-order valence-corrected chi connectivity index (χ4v) is 3.88. The molecule has 0 aliphatic heterocycles. The van der Waals surface area contributed by atoms with E-state index in [2.05, 4.69) is 40.8 Å². The van der Waals surface area contributed by atoms with Gasteiger partial charge >= 0.3 is 0 Å². The summed E-state index contributed by atoms with van der Waals surface area (Å²) in [6, 6.07) is 0. The van der Waals surface area contributed by atoms with Crippen LogP contribution < -0.4 is 0 Å². The van der Waals surface area contributed by atoms with Crippen LogP contribution >= 0.6 is 15.9 Å². The molecule has 2 aliphatic carbocycles. The van der Waals surface area contributed by atoms with Crippen LogP contribution in [-0.4, -0.2) is 0 Å². The molecule has 14 heavy (non-hydrogen) atoms. The molecule has 0 nitrogen and oxygen atoms in total. The Labute approximate surface area is 95.6 Å². The molecule has 0 heterocycles. The standard InChI is InChI=1S/C13H19Br/c1-3-12-10(9-14)8-11-6-4-5-7-13(11,12)2/h3,9,11H,4-8H2,1-2H3. The van der Waals surface area contributed by atoms with E-state index >= 15 is 0 Å². The van der Waals surface area contributed by atoms with Crippen LogP contribution in [0.1, 0.15) is 46.0 Å². The first-order chi connectivity index (χ1) is 6.72. The minimum absolute atomic E-state index is 0.493. The summed E-state index contributed by atoms with van der Waals surface area (Å²) in [6.45, 7) is 4.66. The number of hydrogen-bond acceptors (Lipinski definition) is 0. The van der Waals surface area contributed by atoms with Crippen molar-refractivity contribution < 1.29 is 0 Å². The smallest absolute Gasteiger partial charge is 0.00442 e. The molecule has 2 unspecified atom stereocenters. The maximum atomic E-state index is 3.51. The van der Waals surface area contributed by atoms with Crippen molar-refractivity contribution in [2.24, 2.45) is 11.3 Å².